The van der Waals surface area contributed by atoms with E-state index in [0.29, 0.717) is 13.2 Å². The van der Waals surface area contributed by atoms with E-state index in [1.165, 1.54) is 5.56 Å². The molecule has 5 nitrogen and oxygen atoms in total. The summed E-state index contributed by atoms with van der Waals surface area (Å²) in [5.74, 6) is 0.0656. The summed E-state index contributed by atoms with van der Waals surface area (Å²) in [5.41, 5.74) is 1.23. The van der Waals surface area contributed by atoms with Gasteiger partial charge in [-0.05, 0) is 11.6 Å². The number of nitrogens with zero attached hydrogens (tertiary/aromatic N) is 1. The van der Waals surface area contributed by atoms with E-state index in [2.05, 4.69) is 11.0 Å². The Bertz CT molecular complexity index is 451. The predicted octanol–water partition coefficient (Wildman–Crippen LogP) is 0.775. The molecule has 0 radical (unpaired) electrons. The van der Waals surface area contributed by atoms with E-state index in [9.17, 15) is 4.79 Å². The maximum atomic E-state index is 10.9. The third kappa shape index (κ3) is 2.72. The summed E-state index contributed by atoms with van der Waals surface area (Å²) in [6.07, 6.45) is 0.299. The Balaban J connectivity index is 1.57. The molecule has 19 heavy (non-hydrogen) atoms. The minimum atomic E-state index is -0.889. The van der Waals surface area contributed by atoms with Crippen molar-refractivity contribution in [2.24, 2.45) is 0 Å². The van der Waals surface area contributed by atoms with E-state index in [-0.39, 0.29) is 6.10 Å². The molecule has 0 amide bonds. The maximum Gasteiger partial charge on any atom is 0.334 e. The van der Waals surface area contributed by atoms with E-state index in [4.69, 9.17) is 14.6 Å². The van der Waals surface area contributed by atoms with Crippen molar-refractivity contribution in [1.29, 1.82) is 0 Å². The third-order valence-corrected chi connectivity index (χ3v) is 3.60. The van der Waals surface area contributed by atoms with Crippen molar-refractivity contribution in [2.45, 2.75) is 18.6 Å². The SMILES string of the molecule is O=C(O)C1CN(CC2Cc3ccccc3O2)CCO1. The van der Waals surface area contributed by atoms with Crippen LogP contribution < -0.4 is 4.74 Å². The number of carboxylic acids is 1. The molecule has 102 valence electrons. The number of fused-ring (bicyclic) bond motifs is 1. The van der Waals surface area contributed by atoms with Gasteiger partial charge in [-0.3, -0.25) is 4.90 Å². The molecule has 1 aromatic carbocycles. The first kappa shape index (κ1) is 12.4. The lowest BCUT2D eigenvalue weighted by molar-refractivity contribution is -0.156. The summed E-state index contributed by atoms with van der Waals surface area (Å²) < 4.78 is 11.1. The fourth-order valence-corrected chi connectivity index (χ4v) is 2.66. The highest BCUT2D eigenvalue weighted by Crippen LogP contribution is 2.28. The van der Waals surface area contributed by atoms with Crippen LogP contribution >= 0.6 is 0 Å². The molecule has 0 aliphatic carbocycles. The summed E-state index contributed by atoms with van der Waals surface area (Å²) in [7, 11) is 0. The molecule has 2 heterocycles. The summed E-state index contributed by atoms with van der Waals surface area (Å²) >= 11 is 0. The number of carboxylic acid groups (broad SMARTS) is 1. The molecule has 5 heteroatoms. The van der Waals surface area contributed by atoms with Crippen LogP contribution in [0.3, 0.4) is 0 Å². The number of hydrogen-bond donors (Lipinski definition) is 1. The molecule has 0 aromatic heterocycles. The van der Waals surface area contributed by atoms with Crippen LogP contribution in [0.25, 0.3) is 0 Å². The normalized spacial score (nSPS) is 26.7. The fourth-order valence-electron chi connectivity index (χ4n) is 2.66. The molecule has 2 atom stereocenters. The van der Waals surface area contributed by atoms with Gasteiger partial charge in [0.2, 0.25) is 0 Å². The number of aliphatic carboxylic acids is 1. The second kappa shape index (κ2) is 5.19. The van der Waals surface area contributed by atoms with Gasteiger partial charge in [-0.2, -0.15) is 0 Å². The minimum absolute atomic E-state index is 0.116. The smallest absolute Gasteiger partial charge is 0.334 e. The van der Waals surface area contributed by atoms with E-state index in [1.807, 2.05) is 18.2 Å². The zero-order valence-corrected chi connectivity index (χ0v) is 10.6. The fraction of sp³-hybridized carbons (Fsp3) is 0.500. The van der Waals surface area contributed by atoms with Crippen molar-refractivity contribution in [3.63, 3.8) is 0 Å². The van der Waals surface area contributed by atoms with Crippen molar-refractivity contribution in [1.82, 2.24) is 4.90 Å². The van der Waals surface area contributed by atoms with Gasteiger partial charge in [0.05, 0.1) is 6.61 Å². The Morgan fingerprint density at radius 2 is 2.26 bits per heavy atom. The van der Waals surface area contributed by atoms with Gasteiger partial charge in [0.15, 0.2) is 6.10 Å². The van der Waals surface area contributed by atoms with Gasteiger partial charge < -0.3 is 14.6 Å². The van der Waals surface area contributed by atoms with Gasteiger partial charge in [0, 0.05) is 26.1 Å². The second-order valence-corrected chi connectivity index (χ2v) is 5.01. The summed E-state index contributed by atoms with van der Waals surface area (Å²) in [6.45, 7) is 2.42. The van der Waals surface area contributed by atoms with Crippen molar-refractivity contribution < 1.29 is 19.4 Å². The number of carbonyl (C=O) groups is 1. The Morgan fingerprint density at radius 3 is 3.05 bits per heavy atom. The molecule has 0 spiro atoms. The maximum absolute atomic E-state index is 10.9. The molecule has 1 fully saturated rings. The average molecular weight is 263 g/mol. The Kier molecular flexibility index (Phi) is 3.40. The van der Waals surface area contributed by atoms with Gasteiger partial charge in [0.25, 0.3) is 0 Å². The van der Waals surface area contributed by atoms with Gasteiger partial charge in [0.1, 0.15) is 11.9 Å². The van der Waals surface area contributed by atoms with Crippen molar-refractivity contribution in [2.75, 3.05) is 26.2 Å². The van der Waals surface area contributed by atoms with E-state index >= 15 is 0 Å². The van der Waals surface area contributed by atoms with Crippen LogP contribution in [-0.4, -0.2) is 54.4 Å². The zero-order chi connectivity index (χ0) is 13.2. The first-order chi connectivity index (χ1) is 9.22. The van der Waals surface area contributed by atoms with Gasteiger partial charge >= 0.3 is 5.97 Å². The Hall–Kier alpha value is -1.59. The minimum Gasteiger partial charge on any atom is -0.488 e. The van der Waals surface area contributed by atoms with Crippen LogP contribution in [0.1, 0.15) is 5.56 Å². The topological polar surface area (TPSA) is 59.0 Å². The van der Waals surface area contributed by atoms with E-state index in [1.54, 1.807) is 0 Å². The summed E-state index contributed by atoms with van der Waals surface area (Å²) in [4.78, 5) is 13.0. The number of benzene rings is 1. The van der Waals surface area contributed by atoms with Crippen molar-refractivity contribution in [3.05, 3.63) is 29.8 Å². The lowest BCUT2D eigenvalue weighted by Crippen LogP contribution is -2.49. The monoisotopic (exact) mass is 263 g/mol. The molecule has 2 aliphatic rings. The first-order valence-corrected chi connectivity index (χ1v) is 6.53. The molecule has 3 rings (SSSR count). The van der Waals surface area contributed by atoms with Crippen LogP contribution in [0.4, 0.5) is 0 Å². The molecule has 2 aliphatic heterocycles. The number of ether oxygens (including phenoxy) is 2. The van der Waals surface area contributed by atoms with Crippen molar-refractivity contribution >= 4 is 5.97 Å². The largest absolute Gasteiger partial charge is 0.488 e. The molecule has 0 bridgehead atoms. The quantitative estimate of drug-likeness (QED) is 0.873. The molecular weight excluding hydrogens is 246 g/mol. The highest BCUT2D eigenvalue weighted by molar-refractivity contribution is 5.72. The van der Waals surface area contributed by atoms with Crippen LogP contribution in [0, 0.1) is 0 Å². The molecule has 1 saturated heterocycles. The van der Waals surface area contributed by atoms with Crippen LogP contribution in [0.2, 0.25) is 0 Å². The Labute approximate surface area is 111 Å². The second-order valence-electron chi connectivity index (χ2n) is 5.01. The number of morpholine rings is 1. The highest BCUT2D eigenvalue weighted by atomic mass is 16.5. The first-order valence-electron chi connectivity index (χ1n) is 6.53. The molecule has 1 aromatic rings. The summed E-state index contributed by atoms with van der Waals surface area (Å²) in [6, 6.07) is 8.04. The summed E-state index contributed by atoms with van der Waals surface area (Å²) in [5, 5.41) is 8.98. The predicted molar refractivity (Wildman–Crippen MR) is 68.4 cm³/mol. The standard InChI is InChI=1S/C14H17NO4/c16-14(17)13-9-15(5-6-18-13)8-11-7-10-3-1-2-4-12(10)19-11/h1-4,11,13H,5-9H2,(H,16,17). The number of rotatable bonds is 3. The van der Waals surface area contributed by atoms with E-state index < -0.39 is 12.1 Å². The van der Waals surface area contributed by atoms with Crippen LogP contribution in [-0.2, 0) is 16.0 Å². The third-order valence-electron chi connectivity index (χ3n) is 3.60. The molecule has 0 saturated carbocycles. The molecule has 1 N–H and O–H groups in total. The lowest BCUT2D eigenvalue weighted by Gasteiger charge is -2.32. The van der Waals surface area contributed by atoms with Gasteiger partial charge in [-0.25, -0.2) is 4.79 Å². The molecular formula is C14H17NO4. The molecule has 2 unspecified atom stereocenters. The van der Waals surface area contributed by atoms with E-state index in [0.717, 1.165) is 25.3 Å². The Morgan fingerprint density at radius 1 is 1.42 bits per heavy atom. The number of para-hydroxylation sites is 1. The van der Waals surface area contributed by atoms with Gasteiger partial charge in [-0.15, -0.1) is 0 Å². The average Bonchev–Trinajstić information content (AvgIpc) is 2.81. The van der Waals surface area contributed by atoms with Crippen molar-refractivity contribution in [3.8, 4) is 5.75 Å². The number of hydrogen-bond acceptors (Lipinski definition) is 4. The van der Waals surface area contributed by atoms with Gasteiger partial charge in [-0.1, -0.05) is 18.2 Å². The van der Waals surface area contributed by atoms with Crippen LogP contribution in [0.15, 0.2) is 24.3 Å². The highest BCUT2D eigenvalue weighted by Gasteiger charge is 2.30. The zero-order valence-electron chi connectivity index (χ0n) is 10.6. The lowest BCUT2D eigenvalue weighted by atomic mass is 10.1. The van der Waals surface area contributed by atoms with Crippen LogP contribution in [0.5, 0.6) is 5.75 Å².